The molecule has 0 spiro atoms. The third-order valence-corrected chi connectivity index (χ3v) is 2.61. The van der Waals surface area contributed by atoms with E-state index in [1.54, 1.807) is 19.3 Å². The Morgan fingerprint density at radius 3 is 3.00 bits per heavy atom. The molecular formula is C11H15N3OS. The van der Waals surface area contributed by atoms with Crippen LogP contribution in [0.25, 0.3) is 0 Å². The van der Waals surface area contributed by atoms with Crippen LogP contribution in [0.1, 0.15) is 12.5 Å². The Morgan fingerprint density at radius 2 is 2.44 bits per heavy atom. The van der Waals surface area contributed by atoms with Crippen LogP contribution in [0.5, 0.6) is 0 Å². The molecule has 1 amide bonds. The molecule has 16 heavy (non-hydrogen) atoms. The molecule has 0 saturated heterocycles. The zero-order chi connectivity index (χ0) is 12.0. The lowest BCUT2D eigenvalue weighted by Crippen LogP contribution is -2.36. The van der Waals surface area contributed by atoms with Crippen molar-refractivity contribution in [1.29, 1.82) is 0 Å². The van der Waals surface area contributed by atoms with E-state index in [0.29, 0.717) is 6.54 Å². The third-order valence-electron chi connectivity index (χ3n) is 2.26. The first-order chi connectivity index (χ1) is 7.61. The van der Waals surface area contributed by atoms with Crippen LogP contribution in [0.3, 0.4) is 0 Å². The standard InChI is InChI=1S/C11H15N3OS/c1-8(10(12)16)11(15)14-6-4-9-3-2-5-13-7-9/h2-3,5,7-8H,4,6H2,1H3,(H2,12,16)(H,14,15). The van der Waals surface area contributed by atoms with Gasteiger partial charge in [0, 0.05) is 18.9 Å². The van der Waals surface area contributed by atoms with Crippen LogP contribution >= 0.6 is 12.2 Å². The van der Waals surface area contributed by atoms with E-state index in [9.17, 15) is 4.79 Å². The lowest BCUT2D eigenvalue weighted by molar-refractivity contribution is -0.122. The number of thiocarbonyl (C=S) groups is 1. The van der Waals surface area contributed by atoms with Gasteiger partial charge >= 0.3 is 0 Å². The Bertz CT molecular complexity index is 367. The highest BCUT2D eigenvalue weighted by atomic mass is 32.1. The third kappa shape index (κ3) is 3.94. The van der Waals surface area contributed by atoms with Gasteiger partial charge in [-0.25, -0.2) is 0 Å². The molecule has 0 aliphatic rings. The molecule has 0 aliphatic carbocycles. The van der Waals surface area contributed by atoms with E-state index in [1.807, 2.05) is 12.1 Å². The average molecular weight is 237 g/mol. The zero-order valence-electron chi connectivity index (χ0n) is 9.14. The second-order valence-electron chi connectivity index (χ2n) is 3.53. The first-order valence-electron chi connectivity index (χ1n) is 5.07. The SMILES string of the molecule is CC(C(=O)NCCc1cccnc1)C(N)=S. The second-order valence-corrected chi connectivity index (χ2v) is 4.00. The van der Waals surface area contributed by atoms with Crippen molar-refractivity contribution in [1.82, 2.24) is 10.3 Å². The van der Waals surface area contributed by atoms with Gasteiger partial charge in [0.25, 0.3) is 0 Å². The summed E-state index contributed by atoms with van der Waals surface area (Å²) >= 11 is 4.75. The normalized spacial score (nSPS) is 11.8. The minimum atomic E-state index is -0.413. The Hall–Kier alpha value is -1.49. The molecule has 1 heterocycles. The summed E-state index contributed by atoms with van der Waals surface area (Å²) in [7, 11) is 0. The molecular weight excluding hydrogens is 222 g/mol. The lowest BCUT2D eigenvalue weighted by Gasteiger charge is -2.10. The fraction of sp³-hybridized carbons (Fsp3) is 0.364. The molecule has 1 aromatic rings. The Kier molecular flexibility index (Phi) is 4.85. The molecule has 5 heteroatoms. The molecule has 0 aliphatic heterocycles. The van der Waals surface area contributed by atoms with E-state index in [0.717, 1.165) is 12.0 Å². The van der Waals surface area contributed by atoms with Crippen LogP contribution in [0.2, 0.25) is 0 Å². The van der Waals surface area contributed by atoms with Crippen LogP contribution in [0, 0.1) is 5.92 Å². The summed E-state index contributed by atoms with van der Waals surface area (Å²) in [6.07, 6.45) is 4.25. The monoisotopic (exact) mass is 237 g/mol. The van der Waals surface area contributed by atoms with Gasteiger partial charge < -0.3 is 11.1 Å². The first kappa shape index (κ1) is 12.6. The van der Waals surface area contributed by atoms with Crippen molar-refractivity contribution in [2.45, 2.75) is 13.3 Å². The van der Waals surface area contributed by atoms with Gasteiger partial charge in [-0.05, 0) is 25.0 Å². The van der Waals surface area contributed by atoms with Crippen molar-refractivity contribution in [3.05, 3.63) is 30.1 Å². The average Bonchev–Trinajstić information content (AvgIpc) is 2.29. The number of hydrogen-bond acceptors (Lipinski definition) is 3. The van der Waals surface area contributed by atoms with Crippen LogP contribution in [0.15, 0.2) is 24.5 Å². The van der Waals surface area contributed by atoms with Gasteiger partial charge in [-0.3, -0.25) is 9.78 Å². The zero-order valence-corrected chi connectivity index (χ0v) is 9.96. The second kappa shape index (κ2) is 6.17. The van der Waals surface area contributed by atoms with E-state index in [1.165, 1.54) is 0 Å². The van der Waals surface area contributed by atoms with Crippen molar-refractivity contribution < 1.29 is 4.79 Å². The van der Waals surface area contributed by atoms with E-state index >= 15 is 0 Å². The molecule has 1 aromatic heterocycles. The number of carbonyl (C=O) groups excluding carboxylic acids is 1. The molecule has 1 atom stereocenters. The fourth-order valence-electron chi connectivity index (χ4n) is 1.16. The number of nitrogens with two attached hydrogens (primary N) is 1. The van der Waals surface area contributed by atoms with Crippen LogP contribution in [0.4, 0.5) is 0 Å². The van der Waals surface area contributed by atoms with Crippen molar-refractivity contribution in [2.75, 3.05) is 6.54 Å². The van der Waals surface area contributed by atoms with Crippen molar-refractivity contribution >= 4 is 23.1 Å². The number of rotatable bonds is 5. The Balaban J connectivity index is 2.31. The van der Waals surface area contributed by atoms with Gasteiger partial charge in [-0.1, -0.05) is 18.3 Å². The van der Waals surface area contributed by atoms with Crippen molar-refractivity contribution in [3.63, 3.8) is 0 Å². The highest BCUT2D eigenvalue weighted by Crippen LogP contribution is 1.97. The molecule has 0 fully saturated rings. The molecule has 1 rings (SSSR count). The van der Waals surface area contributed by atoms with E-state index < -0.39 is 5.92 Å². The van der Waals surface area contributed by atoms with Crippen LogP contribution in [-0.4, -0.2) is 22.4 Å². The number of nitrogens with zero attached hydrogens (tertiary/aromatic N) is 1. The summed E-state index contributed by atoms with van der Waals surface area (Å²) in [4.78, 5) is 15.7. The summed E-state index contributed by atoms with van der Waals surface area (Å²) in [6, 6.07) is 3.84. The minimum absolute atomic E-state index is 0.128. The molecule has 0 radical (unpaired) electrons. The van der Waals surface area contributed by atoms with Crippen LogP contribution < -0.4 is 11.1 Å². The van der Waals surface area contributed by atoms with E-state index in [2.05, 4.69) is 10.3 Å². The topological polar surface area (TPSA) is 68.0 Å². The Morgan fingerprint density at radius 1 is 1.69 bits per heavy atom. The first-order valence-corrected chi connectivity index (χ1v) is 5.48. The summed E-state index contributed by atoms with van der Waals surface area (Å²) in [5.41, 5.74) is 6.47. The minimum Gasteiger partial charge on any atom is -0.393 e. The molecule has 0 aromatic carbocycles. The van der Waals surface area contributed by atoms with E-state index in [-0.39, 0.29) is 10.9 Å². The van der Waals surface area contributed by atoms with Gasteiger partial charge in [0.2, 0.25) is 5.91 Å². The molecule has 4 nitrogen and oxygen atoms in total. The smallest absolute Gasteiger partial charge is 0.229 e. The maximum absolute atomic E-state index is 11.5. The van der Waals surface area contributed by atoms with Gasteiger partial charge in [-0.15, -0.1) is 0 Å². The quantitative estimate of drug-likeness (QED) is 0.738. The summed E-state index contributed by atoms with van der Waals surface area (Å²) in [5, 5.41) is 2.78. The highest BCUT2D eigenvalue weighted by Gasteiger charge is 2.14. The maximum atomic E-state index is 11.5. The van der Waals surface area contributed by atoms with Crippen molar-refractivity contribution in [3.8, 4) is 0 Å². The van der Waals surface area contributed by atoms with Gasteiger partial charge in [0.1, 0.15) is 0 Å². The Labute approximate surface area is 100 Å². The van der Waals surface area contributed by atoms with Crippen molar-refractivity contribution in [2.24, 2.45) is 11.7 Å². The molecule has 0 bridgehead atoms. The maximum Gasteiger partial charge on any atom is 0.229 e. The summed E-state index contributed by atoms with van der Waals surface area (Å²) in [6.45, 7) is 2.26. The van der Waals surface area contributed by atoms with E-state index in [4.69, 9.17) is 18.0 Å². The summed E-state index contributed by atoms with van der Waals surface area (Å²) < 4.78 is 0. The molecule has 1 unspecified atom stereocenters. The van der Waals surface area contributed by atoms with Gasteiger partial charge in [-0.2, -0.15) is 0 Å². The molecule has 86 valence electrons. The molecule has 3 N–H and O–H groups in total. The number of hydrogen-bond donors (Lipinski definition) is 2. The number of amides is 1. The van der Waals surface area contributed by atoms with Crippen LogP contribution in [-0.2, 0) is 11.2 Å². The van der Waals surface area contributed by atoms with Gasteiger partial charge in [0.15, 0.2) is 0 Å². The molecule has 0 saturated carbocycles. The lowest BCUT2D eigenvalue weighted by atomic mass is 10.1. The fourth-order valence-corrected chi connectivity index (χ4v) is 1.27. The highest BCUT2D eigenvalue weighted by molar-refractivity contribution is 7.80. The number of carbonyl (C=O) groups is 1. The predicted molar refractivity (Wildman–Crippen MR) is 66.9 cm³/mol. The van der Waals surface area contributed by atoms with Gasteiger partial charge in [0.05, 0.1) is 10.9 Å². The number of aromatic nitrogens is 1. The summed E-state index contributed by atoms with van der Waals surface area (Å²) in [5.74, 6) is -0.541. The number of nitrogens with one attached hydrogen (secondary N) is 1. The predicted octanol–water partition coefficient (Wildman–Crippen LogP) is 0.663. The number of pyridine rings is 1. The largest absolute Gasteiger partial charge is 0.393 e.